The molecular weight excluding hydrogens is 246 g/mol. The SMILES string of the molecule is C=CC[C@H](NS(=O)C(C)(C)C)c1cnn(CC)c1. The Hall–Kier alpha value is -0.940. The average molecular weight is 269 g/mol. The Labute approximate surface area is 112 Å². The van der Waals surface area contributed by atoms with Gasteiger partial charge in [0.15, 0.2) is 0 Å². The summed E-state index contributed by atoms with van der Waals surface area (Å²) >= 11 is 0. The second kappa shape index (κ2) is 6.29. The quantitative estimate of drug-likeness (QED) is 0.807. The van der Waals surface area contributed by atoms with Crippen molar-refractivity contribution in [3.63, 3.8) is 0 Å². The molecule has 5 heteroatoms. The van der Waals surface area contributed by atoms with Gasteiger partial charge >= 0.3 is 0 Å². The fourth-order valence-corrected chi connectivity index (χ4v) is 2.30. The van der Waals surface area contributed by atoms with E-state index in [0.29, 0.717) is 0 Å². The van der Waals surface area contributed by atoms with Crippen molar-refractivity contribution >= 4 is 11.0 Å². The second-order valence-electron chi connectivity index (χ2n) is 5.21. The maximum atomic E-state index is 12.1. The zero-order valence-electron chi connectivity index (χ0n) is 11.6. The lowest BCUT2D eigenvalue weighted by atomic mass is 10.1. The number of aryl methyl sites for hydroxylation is 1. The molecule has 0 bridgehead atoms. The molecule has 1 rings (SSSR count). The molecule has 0 aromatic carbocycles. The fourth-order valence-electron chi connectivity index (χ4n) is 1.46. The first-order valence-electron chi connectivity index (χ1n) is 6.19. The lowest BCUT2D eigenvalue weighted by molar-refractivity contribution is 0.600. The number of rotatable bonds is 6. The fraction of sp³-hybridized carbons (Fsp3) is 0.615. The Morgan fingerprint density at radius 3 is 2.72 bits per heavy atom. The highest BCUT2D eigenvalue weighted by Crippen LogP contribution is 2.20. The second-order valence-corrected chi connectivity index (χ2v) is 7.20. The van der Waals surface area contributed by atoms with E-state index in [9.17, 15) is 4.21 Å². The molecule has 1 aromatic heterocycles. The van der Waals surface area contributed by atoms with Gasteiger partial charge in [0.2, 0.25) is 0 Å². The van der Waals surface area contributed by atoms with Crippen LogP contribution in [0.3, 0.4) is 0 Å². The third kappa shape index (κ3) is 4.07. The first-order valence-corrected chi connectivity index (χ1v) is 7.34. The van der Waals surface area contributed by atoms with Gasteiger partial charge in [-0.15, -0.1) is 6.58 Å². The van der Waals surface area contributed by atoms with Crippen molar-refractivity contribution in [3.8, 4) is 0 Å². The van der Waals surface area contributed by atoms with Crippen LogP contribution < -0.4 is 4.72 Å². The van der Waals surface area contributed by atoms with Crippen LogP contribution in [0.25, 0.3) is 0 Å². The summed E-state index contributed by atoms with van der Waals surface area (Å²) in [5.74, 6) is 0. The minimum atomic E-state index is -1.10. The highest BCUT2D eigenvalue weighted by molar-refractivity contribution is 7.84. The van der Waals surface area contributed by atoms with E-state index >= 15 is 0 Å². The van der Waals surface area contributed by atoms with E-state index in [1.165, 1.54) is 0 Å². The molecule has 0 aliphatic carbocycles. The largest absolute Gasteiger partial charge is 0.273 e. The number of nitrogens with one attached hydrogen (secondary N) is 1. The molecule has 0 amide bonds. The molecular formula is C13H23N3OS. The van der Waals surface area contributed by atoms with Gasteiger partial charge in [0.25, 0.3) is 0 Å². The smallest absolute Gasteiger partial charge is 0.0976 e. The van der Waals surface area contributed by atoms with E-state index in [4.69, 9.17) is 0 Å². The van der Waals surface area contributed by atoms with Crippen molar-refractivity contribution in [3.05, 3.63) is 30.6 Å². The monoisotopic (exact) mass is 269 g/mol. The summed E-state index contributed by atoms with van der Waals surface area (Å²) in [4.78, 5) is 0. The Kier molecular flexibility index (Phi) is 5.28. The van der Waals surface area contributed by atoms with Gasteiger partial charge in [-0.2, -0.15) is 5.10 Å². The molecule has 4 nitrogen and oxygen atoms in total. The summed E-state index contributed by atoms with van der Waals surface area (Å²) in [7, 11) is -1.10. The van der Waals surface area contributed by atoms with Crippen molar-refractivity contribution in [1.29, 1.82) is 0 Å². The topological polar surface area (TPSA) is 46.9 Å². The van der Waals surface area contributed by atoms with Gasteiger partial charge in [0, 0.05) is 18.3 Å². The molecule has 0 aliphatic heterocycles. The van der Waals surface area contributed by atoms with Crippen LogP contribution in [0.5, 0.6) is 0 Å². The van der Waals surface area contributed by atoms with Crippen LogP contribution in [0.4, 0.5) is 0 Å². The molecule has 102 valence electrons. The maximum Gasteiger partial charge on any atom is 0.0976 e. The van der Waals surface area contributed by atoms with Crippen LogP contribution in [0.15, 0.2) is 25.0 Å². The molecule has 1 aromatic rings. The summed E-state index contributed by atoms with van der Waals surface area (Å²) in [6.45, 7) is 12.5. The van der Waals surface area contributed by atoms with Crippen LogP contribution in [-0.2, 0) is 17.5 Å². The van der Waals surface area contributed by atoms with E-state index in [2.05, 4.69) is 16.4 Å². The summed E-state index contributed by atoms with van der Waals surface area (Å²) in [6.07, 6.45) is 6.38. The molecule has 0 fully saturated rings. The summed E-state index contributed by atoms with van der Waals surface area (Å²) in [5.41, 5.74) is 1.05. The zero-order chi connectivity index (χ0) is 13.8. The highest BCUT2D eigenvalue weighted by atomic mass is 32.2. The van der Waals surface area contributed by atoms with E-state index in [1.807, 2.05) is 50.8 Å². The lowest BCUT2D eigenvalue weighted by Gasteiger charge is -2.23. The van der Waals surface area contributed by atoms with Gasteiger partial charge in [0.1, 0.15) is 0 Å². The normalized spacial score (nSPS) is 15.3. The van der Waals surface area contributed by atoms with Crippen LogP contribution >= 0.6 is 0 Å². The minimum Gasteiger partial charge on any atom is -0.273 e. The highest BCUT2D eigenvalue weighted by Gasteiger charge is 2.23. The predicted molar refractivity (Wildman–Crippen MR) is 76.5 cm³/mol. The molecule has 2 atom stereocenters. The molecule has 0 radical (unpaired) electrons. The molecule has 0 spiro atoms. The average Bonchev–Trinajstić information content (AvgIpc) is 2.75. The number of hydrogen-bond donors (Lipinski definition) is 1. The summed E-state index contributed by atoms with van der Waals surface area (Å²) in [5, 5.41) is 4.25. The molecule has 1 heterocycles. The number of nitrogens with zero attached hydrogens (tertiary/aromatic N) is 2. The third-order valence-corrected chi connectivity index (χ3v) is 4.20. The maximum absolute atomic E-state index is 12.1. The van der Waals surface area contributed by atoms with Gasteiger partial charge in [0.05, 0.1) is 28.0 Å². The summed E-state index contributed by atoms with van der Waals surface area (Å²) in [6, 6.07) is 0.00265. The van der Waals surface area contributed by atoms with Crippen molar-refractivity contribution in [2.75, 3.05) is 0 Å². The Morgan fingerprint density at radius 2 is 2.28 bits per heavy atom. The van der Waals surface area contributed by atoms with Crippen molar-refractivity contribution in [2.45, 2.75) is 51.4 Å². The van der Waals surface area contributed by atoms with Crippen molar-refractivity contribution in [2.24, 2.45) is 0 Å². The zero-order valence-corrected chi connectivity index (χ0v) is 12.5. The van der Waals surface area contributed by atoms with Gasteiger partial charge in [-0.1, -0.05) is 6.08 Å². The van der Waals surface area contributed by atoms with Crippen molar-refractivity contribution < 1.29 is 4.21 Å². The van der Waals surface area contributed by atoms with E-state index in [-0.39, 0.29) is 10.8 Å². The molecule has 0 saturated heterocycles. The van der Waals surface area contributed by atoms with E-state index in [1.54, 1.807) is 0 Å². The predicted octanol–water partition coefficient (Wildman–Crippen LogP) is 2.57. The molecule has 0 aliphatic rings. The van der Waals surface area contributed by atoms with Crippen LogP contribution in [0, 0.1) is 0 Å². The van der Waals surface area contributed by atoms with Gasteiger partial charge in [-0.05, 0) is 34.1 Å². The van der Waals surface area contributed by atoms with E-state index < -0.39 is 11.0 Å². The van der Waals surface area contributed by atoms with Gasteiger partial charge in [-0.3, -0.25) is 4.68 Å². The summed E-state index contributed by atoms with van der Waals surface area (Å²) < 4.78 is 16.9. The Balaban J connectivity index is 2.83. The number of aromatic nitrogens is 2. The minimum absolute atomic E-state index is 0.00265. The Morgan fingerprint density at radius 1 is 1.61 bits per heavy atom. The van der Waals surface area contributed by atoms with Crippen LogP contribution in [0.2, 0.25) is 0 Å². The Bertz CT molecular complexity index is 420. The first kappa shape index (κ1) is 15.1. The number of hydrogen-bond acceptors (Lipinski definition) is 2. The molecule has 1 unspecified atom stereocenters. The van der Waals surface area contributed by atoms with Crippen LogP contribution in [0.1, 0.15) is 45.7 Å². The lowest BCUT2D eigenvalue weighted by Crippen LogP contribution is -2.35. The first-order chi connectivity index (χ1) is 8.38. The molecule has 0 saturated carbocycles. The van der Waals surface area contributed by atoms with Crippen molar-refractivity contribution in [1.82, 2.24) is 14.5 Å². The van der Waals surface area contributed by atoms with Crippen LogP contribution in [-0.4, -0.2) is 18.7 Å². The van der Waals surface area contributed by atoms with E-state index in [0.717, 1.165) is 18.5 Å². The standard InChI is InChI=1S/C13H23N3OS/c1-6-8-12(15-18(17)13(3,4)5)11-9-14-16(7-2)10-11/h6,9-10,12,15H,1,7-8H2,2-5H3/t12-,18?/m0/s1. The molecule has 1 N–H and O–H groups in total. The van der Waals surface area contributed by atoms with Gasteiger partial charge < -0.3 is 0 Å². The van der Waals surface area contributed by atoms with Gasteiger partial charge in [-0.25, -0.2) is 8.93 Å². The third-order valence-electron chi connectivity index (χ3n) is 2.59. The molecule has 18 heavy (non-hydrogen) atoms.